The summed E-state index contributed by atoms with van der Waals surface area (Å²) in [5.74, 6) is -0.889. The lowest BCUT2D eigenvalue weighted by Crippen LogP contribution is -2.13. The van der Waals surface area contributed by atoms with E-state index in [1.165, 1.54) is 24.6 Å². The summed E-state index contributed by atoms with van der Waals surface area (Å²) in [5, 5.41) is 9.95. The van der Waals surface area contributed by atoms with Gasteiger partial charge in [0.2, 0.25) is 0 Å². The molecule has 1 fully saturated rings. The molecule has 17 heavy (non-hydrogen) atoms. The Balaban J connectivity index is 2.05. The molecule has 2 rings (SSSR count). The van der Waals surface area contributed by atoms with E-state index in [4.69, 9.17) is 0 Å². The molecule has 0 radical (unpaired) electrons. The summed E-state index contributed by atoms with van der Waals surface area (Å²) >= 11 is 0. The van der Waals surface area contributed by atoms with E-state index in [1.807, 2.05) is 0 Å². The maximum absolute atomic E-state index is 13.5. The van der Waals surface area contributed by atoms with Crippen molar-refractivity contribution in [2.24, 2.45) is 5.92 Å². The summed E-state index contributed by atoms with van der Waals surface area (Å²) in [4.78, 5) is 0. The lowest BCUT2D eigenvalue weighted by atomic mass is 9.84. The van der Waals surface area contributed by atoms with E-state index < -0.39 is 17.7 Å². The fourth-order valence-corrected chi connectivity index (χ4v) is 2.69. The molecule has 3 heteroatoms. The molecule has 0 spiro atoms. The molecule has 0 amide bonds. The molecule has 0 saturated heterocycles. The van der Waals surface area contributed by atoms with Crippen molar-refractivity contribution in [1.29, 1.82) is 0 Å². The average Bonchev–Trinajstić information content (AvgIpc) is 2.30. The number of rotatable bonds is 3. The van der Waals surface area contributed by atoms with Crippen molar-refractivity contribution in [2.45, 2.75) is 44.6 Å². The first-order valence-electron chi connectivity index (χ1n) is 6.30. The van der Waals surface area contributed by atoms with E-state index in [1.54, 1.807) is 0 Å². The maximum atomic E-state index is 13.5. The van der Waals surface area contributed by atoms with Crippen molar-refractivity contribution in [2.75, 3.05) is 0 Å². The molecule has 0 aromatic heterocycles. The average molecular weight is 240 g/mol. The Kier molecular flexibility index (Phi) is 4.11. The largest absolute Gasteiger partial charge is 0.388 e. The second kappa shape index (κ2) is 5.58. The van der Waals surface area contributed by atoms with Crippen LogP contribution in [0.3, 0.4) is 0 Å². The van der Waals surface area contributed by atoms with Crippen LogP contribution in [0.25, 0.3) is 0 Å². The van der Waals surface area contributed by atoms with Gasteiger partial charge in [-0.1, -0.05) is 38.2 Å². The topological polar surface area (TPSA) is 20.2 Å². The smallest absolute Gasteiger partial charge is 0.131 e. The first kappa shape index (κ1) is 12.5. The van der Waals surface area contributed by atoms with Crippen molar-refractivity contribution in [3.05, 3.63) is 35.4 Å². The van der Waals surface area contributed by atoms with Gasteiger partial charge in [-0.3, -0.25) is 0 Å². The van der Waals surface area contributed by atoms with E-state index in [2.05, 4.69) is 0 Å². The van der Waals surface area contributed by atoms with Crippen LogP contribution in [0.2, 0.25) is 0 Å². The fourth-order valence-electron chi connectivity index (χ4n) is 2.69. The molecule has 0 bridgehead atoms. The first-order chi connectivity index (χ1) is 8.18. The van der Waals surface area contributed by atoms with Crippen LogP contribution in [-0.2, 0) is 0 Å². The van der Waals surface area contributed by atoms with Gasteiger partial charge >= 0.3 is 0 Å². The Morgan fingerprint density at radius 2 is 1.71 bits per heavy atom. The molecular weight excluding hydrogens is 222 g/mol. The molecule has 1 nitrogen and oxygen atoms in total. The lowest BCUT2D eigenvalue weighted by molar-refractivity contribution is 0.124. The number of hydrogen-bond donors (Lipinski definition) is 1. The minimum Gasteiger partial charge on any atom is -0.388 e. The molecule has 1 saturated carbocycles. The highest BCUT2D eigenvalue weighted by molar-refractivity contribution is 5.22. The normalized spacial score (nSPS) is 19.2. The van der Waals surface area contributed by atoms with Gasteiger partial charge in [-0.25, -0.2) is 8.78 Å². The molecule has 0 aliphatic heterocycles. The highest BCUT2D eigenvalue weighted by atomic mass is 19.1. The van der Waals surface area contributed by atoms with Gasteiger partial charge in [-0.2, -0.15) is 0 Å². The van der Waals surface area contributed by atoms with Crippen LogP contribution in [0.15, 0.2) is 18.2 Å². The summed E-state index contributed by atoms with van der Waals surface area (Å²) in [6.07, 6.45) is 5.15. The Labute approximate surface area is 100 Å². The van der Waals surface area contributed by atoms with Crippen LogP contribution in [0.1, 0.15) is 50.2 Å². The van der Waals surface area contributed by atoms with E-state index in [0.717, 1.165) is 25.7 Å². The molecule has 1 N–H and O–H groups in total. The van der Waals surface area contributed by atoms with Crippen molar-refractivity contribution in [3.63, 3.8) is 0 Å². The van der Waals surface area contributed by atoms with Crippen LogP contribution in [0, 0.1) is 17.6 Å². The Morgan fingerprint density at radius 1 is 1.12 bits per heavy atom. The van der Waals surface area contributed by atoms with Crippen molar-refractivity contribution >= 4 is 0 Å². The molecule has 1 unspecified atom stereocenters. The SMILES string of the molecule is OC(CC1CCCCC1)c1c(F)cccc1F. The number of hydrogen-bond acceptors (Lipinski definition) is 1. The van der Waals surface area contributed by atoms with Crippen LogP contribution in [0.4, 0.5) is 8.78 Å². The minimum absolute atomic E-state index is 0.168. The highest BCUT2D eigenvalue weighted by Gasteiger charge is 2.22. The van der Waals surface area contributed by atoms with Crippen LogP contribution >= 0.6 is 0 Å². The highest BCUT2D eigenvalue weighted by Crippen LogP contribution is 2.33. The summed E-state index contributed by atoms with van der Waals surface area (Å²) in [6, 6.07) is 3.71. The van der Waals surface area contributed by atoms with E-state index in [-0.39, 0.29) is 5.56 Å². The molecule has 94 valence electrons. The molecule has 1 aliphatic carbocycles. The third kappa shape index (κ3) is 3.03. The van der Waals surface area contributed by atoms with Crippen LogP contribution < -0.4 is 0 Å². The fraction of sp³-hybridized carbons (Fsp3) is 0.571. The summed E-state index contributed by atoms with van der Waals surface area (Å²) in [5.41, 5.74) is -0.168. The van der Waals surface area contributed by atoms with Gasteiger partial charge in [-0.05, 0) is 24.5 Å². The monoisotopic (exact) mass is 240 g/mol. The van der Waals surface area contributed by atoms with Gasteiger partial charge in [0.1, 0.15) is 11.6 Å². The van der Waals surface area contributed by atoms with Gasteiger partial charge < -0.3 is 5.11 Å². The summed E-state index contributed by atoms with van der Waals surface area (Å²) in [6.45, 7) is 0. The Bertz CT molecular complexity index is 352. The standard InChI is InChI=1S/C14H18F2O/c15-11-7-4-8-12(16)14(11)13(17)9-10-5-2-1-3-6-10/h4,7-8,10,13,17H,1-3,5-6,9H2. The van der Waals surface area contributed by atoms with Crippen molar-refractivity contribution in [1.82, 2.24) is 0 Å². The third-order valence-corrected chi connectivity index (χ3v) is 3.61. The van der Waals surface area contributed by atoms with Gasteiger partial charge in [0.05, 0.1) is 11.7 Å². The zero-order valence-corrected chi connectivity index (χ0v) is 9.83. The number of benzene rings is 1. The zero-order valence-electron chi connectivity index (χ0n) is 9.83. The van der Waals surface area contributed by atoms with Gasteiger partial charge in [0.15, 0.2) is 0 Å². The van der Waals surface area contributed by atoms with Crippen molar-refractivity contribution < 1.29 is 13.9 Å². The number of aliphatic hydroxyl groups is 1. The molecule has 1 aromatic carbocycles. The first-order valence-corrected chi connectivity index (χ1v) is 6.30. The maximum Gasteiger partial charge on any atom is 0.131 e. The molecule has 0 heterocycles. The molecule has 1 aromatic rings. The predicted octanol–water partition coefficient (Wildman–Crippen LogP) is 3.97. The third-order valence-electron chi connectivity index (χ3n) is 3.61. The summed E-state index contributed by atoms with van der Waals surface area (Å²) in [7, 11) is 0. The Hall–Kier alpha value is -0.960. The summed E-state index contributed by atoms with van der Waals surface area (Å²) < 4.78 is 26.9. The van der Waals surface area contributed by atoms with E-state index >= 15 is 0 Å². The number of aliphatic hydroxyl groups excluding tert-OH is 1. The second-order valence-electron chi connectivity index (χ2n) is 4.89. The molecular formula is C14H18F2O. The predicted molar refractivity (Wildman–Crippen MR) is 62.5 cm³/mol. The van der Waals surface area contributed by atoms with Crippen LogP contribution in [-0.4, -0.2) is 5.11 Å². The van der Waals surface area contributed by atoms with Gasteiger partial charge in [-0.15, -0.1) is 0 Å². The Morgan fingerprint density at radius 3 is 2.29 bits per heavy atom. The van der Waals surface area contributed by atoms with Crippen LogP contribution in [0.5, 0.6) is 0 Å². The second-order valence-corrected chi connectivity index (χ2v) is 4.89. The lowest BCUT2D eigenvalue weighted by Gasteiger charge is -2.24. The molecule has 1 atom stereocenters. The number of halogens is 2. The quantitative estimate of drug-likeness (QED) is 0.847. The van der Waals surface area contributed by atoms with Gasteiger partial charge in [0, 0.05) is 0 Å². The van der Waals surface area contributed by atoms with E-state index in [9.17, 15) is 13.9 Å². The van der Waals surface area contributed by atoms with Crippen molar-refractivity contribution in [3.8, 4) is 0 Å². The molecule has 1 aliphatic rings. The zero-order chi connectivity index (χ0) is 12.3. The van der Waals surface area contributed by atoms with E-state index in [0.29, 0.717) is 12.3 Å². The van der Waals surface area contributed by atoms with Gasteiger partial charge in [0.25, 0.3) is 0 Å². The minimum atomic E-state index is -1.01.